The van der Waals surface area contributed by atoms with Gasteiger partial charge in [0, 0.05) is 0 Å². The normalized spacial score (nSPS) is 13.5. The van der Waals surface area contributed by atoms with Crippen LogP contribution < -0.4 is 5.32 Å². The molecule has 2 aromatic heterocycles. The smallest absolute Gasteiger partial charge is 0.326 e. The first-order chi connectivity index (χ1) is 12.0. The van der Waals surface area contributed by atoms with Gasteiger partial charge in [-0.05, 0) is 30.2 Å². The van der Waals surface area contributed by atoms with Crippen molar-refractivity contribution >= 4 is 33.4 Å². The Morgan fingerprint density at radius 1 is 1.28 bits per heavy atom. The first-order valence-corrected chi connectivity index (χ1v) is 8.80. The number of furan rings is 1. The van der Waals surface area contributed by atoms with E-state index in [9.17, 15) is 14.7 Å². The molecule has 0 radical (unpaired) electrons. The van der Waals surface area contributed by atoms with Gasteiger partial charge in [0.05, 0.1) is 10.2 Å². The first-order valence-electron chi connectivity index (χ1n) is 7.99. The Labute approximate surface area is 148 Å². The van der Waals surface area contributed by atoms with E-state index in [0.717, 1.165) is 10.2 Å². The lowest BCUT2D eigenvalue weighted by atomic mass is 9.99. The van der Waals surface area contributed by atoms with E-state index in [1.807, 2.05) is 31.2 Å². The van der Waals surface area contributed by atoms with E-state index in [0.29, 0.717) is 17.2 Å². The Kier molecular flexibility index (Phi) is 4.85. The molecule has 2 atom stereocenters. The summed E-state index contributed by atoms with van der Waals surface area (Å²) in [6.07, 6.45) is 0.645. The number of fused-ring (bicyclic) bond motifs is 1. The molecule has 3 aromatic rings. The van der Waals surface area contributed by atoms with E-state index in [1.54, 1.807) is 13.0 Å². The zero-order chi connectivity index (χ0) is 18.0. The number of nitrogens with zero attached hydrogens (tertiary/aromatic N) is 1. The Hall–Kier alpha value is -2.67. The number of aromatic nitrogens is 1. The Morgan fingerprint density at radius 2 is 2.04 bits per heavy atom. The highest BCUT2D eigenvalue weighted by molar-refractivity contribution is 7.21. The summed E-state index contributed by atoms with van der Waals surface area (Å²) in [6, 6.07) is 9.98. The van der Waals surface area contributed by atoms with Gasteiger partial charge in [0.2, 0.25) is 0 Å². The zero-order valence-corrected chi connectivity index (χ0v) is 14.7. The Bertz CT molecular complexity index is 882. The van der Waals surface area contributed by atoms with Crippen molar-refractivity contribution in [2.24, 2.45) is 5.92 Å². The Morgan fingerprint density at radius 3 is 2.72 bits per heavy atom. The van der Waals surface area contributed by atoms with Gasteiger partial charge in [0.1, 0.15) is 6.04 Å². The van der Waals surface area contributed by atoms with Crippen molar-refractivity contribution in [3.8, 4) is 10.8 Å². The van der Waals surface area contributed by atoms with Crippen molar-refractivity contribution in [2.75, 3.05) is 0 Å². The van der Waals surface area contributed by atoms with Gasteiger partial charge in [-0.15, -0.1) is 11.3 Å². The predicted octanol–water partition coefficient (Wildman–Crippen LogP) is 3.79. The number of nitrogens with one attached hydrogen (secondary N) is 1. The lowest BCUT2D eigenvalue weighted by Crippen LogP contribution is -2.44. The molecule has 3 rings (SSSR count). The van der Waals surface area contributed by atoms with Crippen LogP contribution in [-0.4, -0.2) is 28.0 Å². The molecular weight excluding hydrogens is 340 g/mol. The largest absolute Gasteiger partial charge is 0.480 e. The van der Waals surface area contributed by atoms with Crippen LogP contribution in [0.2, 0.25) is 0 Å². The molecule has 1 aromatic carbocycles. The minimum atomic E-state index is -1.05. The molecule has 0 aliphatic carbocycles. The molecule has 130 valence electrons. The third-order valence-electron chi connectivity index (χ3n) is 4.10. The molecule has 2 heterocycles. The summed E-state index contributed by atoms with van der Waals surface area (Å²) in [5.74, 6) is -1.22. The van der Waals surface area contributed by atoms with Crippen molar-refractivity contribution in [1.29, 1.82) is 0 Å². The fraction of sp³-hybridized carbons (Fsp3) is 0.278. The van der Waals surface area contributed by atoms with E-state index in [4.69, 9.17) is 4.42 Å². The number of carboxylic acid groups (broad SMARTS) is 1. The molecule has 7 heteroatoms. The van der Waals surface area contributed by atoms with E-state index >= 15 is 0 Å². The van der Waals surface area contributed by atoms with Gasteiger partial charge in [0.25, 0.3) is 5.91 Å². The number of amides is 1. The quantitative estimate of drug-likeness (QED) is 0.699. The van der Waals surface area contributed by atoms with E-state index < -0.39 is 17.9 Å². The third kappa shape index (κ3) is 3.56. The SMILES string of the molecule is CCC(C)C(NC(=O)c1ccc(-c2nc3ccccc3s2)o1)C(=O)O. The molecule has 0 saturated carbocycles. The lowest BCUT2D eigenvalue weighted by Gasteiger charge is -2.19. The molecule has 0 fully saturated rings. The molecular formula is C18H18N2O4S. The highest BCUT2D eigenvalue weighted by Gasteiger charge is 2.27. The van der Waals surface area contributed by atoms with Gasteiger partial charge in [-0.25, -0.2) is 9.78 Å². The third-order valence-corrected chi connectivity index (χ3v) is 5.15. The van der Waals surface area contributed by atoms with Gasteiger partial charge in [-0.1, -0.05) is 32.4 Å². The average Bonchev–Trinajstić information content (AvgIpc) is 3.24. The number of aliphatic carboxylic acids is 1. The fourth-order valence-electron chi connectivity index (χ4n) is 2.45. The van der Waals surface area contributed by atoms with Crippen LogP contribution in [0, 0.1) is 5.92 Å². The zero-order valence-electron chi connectivity index (χ0n) is 13.9. The van der Waals surface area contributed by atoms with Gasteiger partial charge in [-0.2, -0.15) is 0 Å². The van der Waals surface area contributed by atoms with Gasteiger partial charge < -0.3 is 14.8 Å². The van der Waals surface area contributed by atoms with Gasteiger partial charge in [-0.3, -0.25) is 4.79 Å². The number of rotatable bonds is 6. The van der Waals surface area contributed by atoms with Crippen LogP contribution in [0.15, 0.2) is 40.8 Å². The average molecular weight is 358 g/mol. The second-order valence-corrected chi connectivity index (χ2v) is 6.86. The highest BCUT2D eigenvalue weighted by atomic mass is 32.1. The van der Waals surface area contributed by atoms with Crippen molar-refractivity contribution < 1.29 is 19.1 Å². The van der Waals surface area contributed by atoms with E-state index in [1.165, 1.54) is 17.4 Å². The molecule has 2 unspecified atom stereocenters. The van der Waals surface area contributed by atoms with Crippen LogP contribution in [0.1, 0.15) is 30.8 Å². The van der Waals surface area contributed by atoms with Crippen LogP contribution >= 0.6 is 11.3 Å². The summed E-state index contributed by atoms with van der Waals surface area (Å²) in [5, 5.41) is 12.5. The maximum Gasteiger partial charge on any atom is 0.326 e. The van der Waals surface area contributed by atoms with E-state index in [2.05, 4.69) is 10.3 Å². The van der Waals surface area contributed by atoms with Crippen molar-refractivity contribution in [3.05, 3.63) is 42.2 Å². The van der Waals surface area contributed by atoms with Crippen LogP contribution in [0.25, 0.3) is 21.0 Å². The number of hydrogen-bond donors (Lipinski definition) is 2. The Balaban J connectivity index is 1.80. The second kappa shape index (κ2) is 7.06. The van der Waals surface area contributed by atoms with Crippen molar-refractivity contribution in [1.82, 2.24) is 10.3 Å². The van der Waals surface area contributed by atoms with Crippen LogP contribution in [0.4, 0.5) is 0 Å². The summed E-state index contributed by atoms with van der Waals surface area (Å²) in [6.45, 7) is 3.67. The number of thiazole rings is 1. The molecule has 0 spiro atoms. The molecule has 1 amide bonds. The van der Waals surface area contributed by atoms with Crippen molar-refractivity contribution in [2.45, 2.75) is 26.3 Å². The second-order valence-electron chi connectivity index (χ2n) is 5.83. The maximum absolute atomic E-state index is 12.3. The minimum Gasteiger partial charge on any atom is -0.480 e. The number of benzene rings is 1. The molecule has 0 aliphatic heterocycles. The molecule has 6 nitrogen and oxygen atoms in total. The summed E-state index contributed by atoms with van der Waals surface area (Å²) < 4.78 is 6.63. The van der Waals surface area contributed by atoms with Gasteiger partial charge >= 0.3 is 5.97 Å². The van der Waals surface area contributed by atoms with Crippen molar-refractivity contribution in [3.63, 3.8) is 0 Å². The summed E-state index contributed by atoms with van der Waals surface area (Å²) in [4.78, 5) is 28.1. The number of carbonyl (C=O) groups excluding carboxylic acids is 1. The molecule has 2 N–H and O–H groups in total. The van der Waals surface area contributed by atoms with E-state index in [-0.39, 0.29) is 11.7 Å². The van der Waals surface area contributed by atoms with Gasteiger partial charge in [0.15, 0.2) is 16.5 Å². The molecule has 0 bridgehead atoms. The lowest BCUT2D eigenvalue weighted by molar-refractivity contribution is -0.140. The highest BCUT2D eigenvalue weighted by Crippen LogP contribution is 2.31. The van der Waals surface area contributed by atoms with Crippen LogP contribution in [0.3, 0.4) is 0 Å². The summed E-state index contributed by atoms with van der Waals surface area (Å²) in [7, 11) is 0. The van der Waals surface area contributed by atoms with Crippen LogP contribution in [-0.2, 0) is 4.79 Å². The molecule has 25 heavy (non-hydrogen) atoms. The number of para-hydroxylation sites is 1. The maximum atomic E-state index is 12.3. The fourth-order valence-corrected chi connectivity index (χ4v) is 3.38. The monoisotopic (exact) mass is 358 g/mol. The molecule has 0 aliphatic rings. The number of carbonyl (C=O) groups is 2. The topological polar surface area (TPSA) is 92.4 Å². The standard InChI is InChI=1S/C18H18N2O4S/c1-3-10(2)15(18(22)23)20-16(21)12-8-9-13(24-12)17-19-11-6-4-5-7-14(11)25-17/h4-10,15H,3H2,1-2H3,(H,20,21)(H,22,23). The minimum absolute atomic E-state index is 0.0730. The summed E-state index contributed by atoms with van der Waals surface area (Å²) in [5.41, 5.74) is 0.868. The number of hydrogen-bond acceptors (Lipinski definition) is 5. The summed E-state index contributed by atoms with van der Waals surface area (Å²) >= 11 is 1.47. The predicted molar refractivity (Wildman–Crippen MR) is 95.7 cm³/mol. The molecule has 0 saturated heterocycles. The first kappa shape index (κ1) is 17.2. The van der Waals surface area contributed by atoms with Crippen LogP contribution in [0.5, 0.6) is 0 Å². The number of carboxylic acids is 1.